The highest BCUT2D eigenvalue weighted by Gasteiger charge is 2.23. The quantitative estimate of drug-likeness (QED) is 0.389. The van der Waals surface area contributed by atoms with Gasteiger partial charge < -0.3 is 9.68 Å². The molecule has 2 saturated heterocycles. The van der Waals surface area contributed by atoms with Crippen LogP contribution in [-0.2, 0) is 30.8 Å². The zero-order chi connectivity index (χ0) is 25.0. The zero-order valence-electron chi connectivity index (χ0n) is 20.5. The fraction of sp³-hybridized carbons (Fsp3) is 0.429. The Bertz CT molecular complexity index is 894. The maximum absolute atomic E-state index is 12.2. The molecule has 0 saturated carbocycles. The molecule has 36 heavy (non-hydrogen) atoms. The number of hydroxylamine groups is 4. The maximum Gasteiger partial charge on any atom is 0.349 e. The summed E-state index contributed by atoms with van der Waals surface area (Å²) in [6.07, 6.45) is 6.18. The SMILES string of the molecule is O=C(/C=C\C(=O)ON1CCC(SCc2ccccc2)CC1)ON1CCC(SCc2ccccc2)CC1. The number of nitrogens with zero attached hydrogens (tertiary/aromatic N) is 2. The molecule has 0 bridgehead atoms. The van der Waals surface area contributed by atoms with Crippen LogP contribution in [0.15, 0.2) is 72.8 Å². The summed E-state index contributed by atoms with van der Waals surface area (Å²) in [5.74, 6) is 0.914. The molecular formula is C28H34N2O4S2. The Balaban J connectivity index is 1.07. The number of carbonyl (C=O) groups is 2. The van der Waals surface area contributed by atoms with Gasteiger partial charge in [0, 0.05) is 60.3 Å². The van der Waals surface area contributed by atoms with Gasteiger partial charge in [0.2, 0.25) is 0 Å². The minimum absolute atomic E-state index is 0.543. The molecule has 2 fully saturated rings. The first-order valence-electron chi connectivity index (χ1n) is 12.6. The topological polar surface area (TPSA) is 59.1 Å². The van der Waals surface area contributed by atoms with E-state index in [0.29, 0.717) is 36.7 Å². The highest BCUT2D eigenvalue weighted by Crippen LogP contribution is 2.27. The van der Waals surface area contributed by atoms with Crippen molar-refractivity contribution in [3.8, 4) is 0 Å². The lowest BCUT2D eigenvalue weighted by Gasteiger charge is -2.30. The molecular weight excluding hydrogens is 492 g/mol. The monoisotopic (exact) mass is 526 g/mol. The molecule has 0 spiro atoms. The van der Waals surface area contributed by atoms with Crippen molar-refractivity contribution in [1.82, 2.24) is 10.1 Å². The Kier molecular flexibility index (Phi) is 10.8. The van der Waals surface area contributed by atoms with Crippen LogP contribution >= 0.6 is 23.5 Å². The average molecular weight is 527 g/mol. The van der Waals surface area contributed by atoms with E-state index in [1.165, 1.54) is 11.1 Å². The van der Waals surface area contributed by atoms with E-state index in [1.54, 1.807) is 10.1 Å². The molecule has 2 aliphatic heterocycles. The minimum Gasteiger partial charge on any atom is -0.364 e. The number of benzene rings is 2. The number of rotatable bonds is 10. The summed E-state index contributed by atoms with van der Waals surface area (Å²) < 4.78 is 0. The van der Waals surface area contributed by atoms with E-state index in [0.717, 1.165) is 49.3 Å². The highest BCUT2D eigenvalue weighted by atomic mass is 32.2. The van der Waals surface area contributed by atoms with Crippen LogP contribution in [0.25, 0.3) is 0 Å². The molecule has 4 rings (SSSR count). The van der Waals surface area contributed by atoms with E-state index < -0.39 is 11.9 Å². The first kappa shape index (κ1) is 26.8. The van der Waals surface area contributed by atoms with E-state index in [1.807, 2.05) is 35.7 Å². The minimum atomic E-state index is -0.543. The summed E-state index contributed by atoms with van der Waals surface area (Å²) in [6, 6.07) is 20.9. The van der Waals surface area contributed by atoms with Crippen LogP contribution in [0.4, 0.5) is 0 Å². The molecule has 0 amide bonds. The van der Waals surface area contributed by atoms with Crippen molar-refractivity contribution in [2.24, 2.45) is 0 Å². The van der Waals surface area contributed by atoms with Crippen LogP contribution in [0.5, 0.6) is 0 Å². The Morgan fingerprint density at radius 3 is 1.39 bits per heavy atom. The lowest BCUT2D eigenvalue weighted by molar-refractivity contribution is -0.190. The Hall–Kier alpha value is -2.26. The van der Waals surface area contributed by atoms with Gasteiger partial charge in [0.25, 0.3) is 0 Å². The molecule has 2 aromatic carbocycles. The molecule has 6 nitrogen and oxygen atoms in total. The maximum atomic E-state index is 12.2. The van der Waals surface area contributed by atoms with Crippen LogP contribution in [-0.4, -0.2) is 58.7 Å². The van der Waals surface area contributed by atoms with E-state index in [2.05, 4.69) is 48.5 Å². The predicted octanol–water partition coefficient (Wildman–Crippen LogP) is 5.25. The third kappa shape index (κ3) is 9.32. The number of thioether (sulfide) groups is 2. The molecule has 0 aliphatic carbocycles. The summed E-state index contributed by atoms with van der Waals surface area (Å²) in [7, 11) is 0. The summed E-state index contributed by atoms with van der Waals surface area (Å²) in [6.45, 7) is 2.81. The normalized spacial score (nSPS) is 18.3. The highest BCUT2D eigenvalue weighted by molar-refractivity contribution is 7.99. The van der Waals surface area contributed by atoms with Gasteiger partial charge in [-0.15, -0.1) is 10.1 Å². The van der Waals surface area contributed by atoms with E-state index in [4.69, 9.17) is 9.68 Å². The number of carbonyl (C=O) groups excluding carboxylic acids is 2. The van der Waals surface area contributed by atoms with Crippen LogP contribution in [0.3, 0.4) is 0 Å². The van der Waals surface area contributed by atoms with Gasteiger partial charge in [-0.25, -0.2) is 9.59 Å². The predicted molar refractivity (Wildman–Crippen MR) is 146 cm³/mol. The second-order valence-corrected chi connectivity index (χ2v) is 11.6. The third-order valence-corrected chi connectivity index (χ3v) is 9.14. The van der Waals surface area contributed by atoms with Crippen molar-refractivity contribution >= 4 is 35.5 Å². The van der Waals surface area contributed by atoms with Crippen molar-refractivity contribution in [2.45, 2.75) is 47.7 Å². The molecule has 8 heteroatoms. The summed E-state index contributed by atoms with van der Waals surface area (Å²) in [5, 5.41) is 4.50. The van der Waals surface area contributed by atoms with E-state index >= 15 is 0 Å². The van der Waals surface area contributed by atoms with Gasteiger partial charge in [-0.2, -0.15) is 23.5 Å². The van der Waals surface area contributed by atoms with Crippen molar-refractivity contribution < 1.29 is 19.3 Å². The number of piperidine rings is 2. The van der Waals surface area contributed by atoms with Gasteiger partial charge in [-0.05, 0) is 36.8 Å². The first-order valence-corrected chi connectivity index (χ1v) is 14.7. The van der Waals surface area contributed by atoms with E-state index in [9.17, 15) is 9.59 Å². The van der Waals surface area contributed by atoms with Crippen LogP contribution in [0.1, 0.15) is 36.8 Å². The fourth-order valence-electron chi connectivity index (χ4n) is 4.21. The van der Waals surface area contributed by atoms with Gasteiger partial charge in [0.1, 0.15) is 0 Å². The van der Waals surface area contributed by atoms with E-state index in [-0.39, 0.29) is 0 Å². The Labute approximate surface area is 222 Å². The number of hydrogen-bond acceptors (Lipinski definition) is 8. The lowest BCUT2D eigenvalue weighted by Crippen LogP contribution is -2.36. The van der Waals surface area contributed by atoms with Crippen molar-refractivity contribution in [3.05, 3.63) is 83.9 Å². The van der Waals surface area contributed by atoms with Gasteiger partial charge in [0.15, 0.2) is 0 Å². The summed E-state index contributed by atoms with van der Waals surface area (Å²) in [4.78, 5) is 35.1. The molecule has 0 atom stereocenters. The van der Waals surface area contributed by atoms with Gasteiger partial charge in [-0.3, -0.25) is 0 Å². The standard InChI is InChI=1S/C28H34N2O4S2/c31-27(33-29-17-13-25(14-18-29)35-21-23-7-3-1-4-8-23)11-12-28(32)34-30-19-15-26(16-20-30)36-22-24-9-5-2-6-10-24/h1-12,25-26H,13-22H2/b12-11-. The van der Waals surface area contributed by atoms with Crippen LogP contribution in [0, 0.1) is 0 Å². The third-order valence-electron chi connectivity index (χ3n) is 6.25. The van der Waals surface area contributed by atoms with Gasteiger partial charge in [-0.1, -0.05) is 60.7 Å². The second kappa shape index (κ2) is 14.5. The molecule has 0 unspecified atom stereocenters. The van der Waals surface area contributed by atoms with Crippen LogP contribution < -0.4 is 0 Å². The van der Waals surface area contributed by atoms with Gasteiger partial charge in [0.05, 0.1) is 0 Å². The molecule has 2 heterocycles. The molecule has 2 aromatic rings. The zero-order valence-corrected chi connectivity index (χ0v) is 22.1. The average Bonchev–Trinajstić information content (AvgIpc) is 2.92. The van der Waals surface area contributed by atoms with Crippen molar-refractivity contribution in [1.29, 1.82) is 0 Å². The Morgan fingerprint density at radius 2 is 1.03 bits per heavy atom. The second-order valence-electron chi connectivity index (χ2n) is 9.00. The molecule has 192 valence electrons. The fourth-order valence-corrected chi connectivity index (χ4v) is 6.54. The number of hydrogen-bond donors (Lipinski definition) is 0. The first-order chi connectivity index (χ1) is 17.6. The van der Waals surface area contributed by atoms with Crippen LogP contribution in [0.2, 0.25) is 0 Å². The Morgan fingerprint density at radius 1 is 0.667 bits per heavy atom. The molecule has 0 N–H and O–H groups in total. The lowest BCUT2D eigenvalue weighted by atomic mass is 10.1. The summed E-state index contributed by atoms with van der Waals surface area (Å²) in [5.41, 5.74) is 2.67. The molecule has 0 aromatic heterocycles. The summed E-state index contributed by atoms with van der Waals surface area (Å²) >= 11 is 3.91. The van der Waals surface area contributed by atoms with Crippen molar-refractivity contribution in [2.75, 3.05) is 26.2 Å². The molecule has 2 aliphatic rings. The van der Waals surface area contributed by atoms with Crippen molar-refractivity contribution in [3.63, 3.8) is 0 Å². The largest absolute Gasteiger partial charge is 0.364 e. The smallest absolute Gasteiger partial charge is 0.349 e. The van der Waals surface area contributed by atoms with Gasteiger partial charge >= 0.3 is 11.9 Å². The molecule has 0 radical (unpaired) electrons.